The van der Waals surface area contributed by atoms with Crippen molar-refractivity contribution in [1.82, 2.24) is 35.4 Å². The SMILES string of the molecule is CNC(=O)N1CCN(c2ccc(C(=O)Nc3cc(C(F)(F)F)c(-c4ccc(-c5cnc(C6CC(C)CN6C(=O)CNC(=O)OC)[nH]5)cc4)cc3F)cn2)CC1. The molecule has 0 aliphatic carbocycles. The summed E-state index contributed by atoms with van der Waals surface area (Å²) in [4.78, 5) is 66.4. The van der Waals surface area contributed by atoms with Gasteiger partial charge in [-0.15, -0.1) is 0 Å². The van der Waals surface area contributed by atoms with Gasteiger partial charge in [-0.05, 0) is 53.3 Å². The Bertz CT molecular complexity index is 2050. The van der Waals surface area contributed by atoms with Gasteiger partial charge >= 0.3 is 18.3 Å². The molecule has 4 aromatic rings. The van der Waals surface area contributed by atoms with Crippen molar-refractivity contribution in [1.29, 1.82) is 0 Å². The van der Waals surface area contributed by atoms with Gasteiger partial charge in [-0.1, -0.05) is 31.2 Å². The number of ether oxygens (including phenoxy) is 1. The van der Waals surface area contributed by atoms with Gasteiger partial charge in [-0.2, -0.15) is 13.2 Å². The lowest BCUT2D eigenvalue weighted by molar-refractivity contribution is -0.137. The number of aromatic amines is 1. The number of halogens is 4. The molecule has 2 aromatic heterocycles. The number of urea groups is 1. The van der Waals surface area contributed by atoms with Crippen LogP contribution in [-0.2, 0) is 15.7 Å². The van der Waals surface area contributed by atoms with Crippen LogP contribution in [0.1, 0.15) is 41.1 Å². The summed E-state index contributed by atoms with van der Waals surface area (Å²) >= 11 is 0. The largest absolute Gasteiger partial charge is 0.453 e. The minimum atomic E-state index is -4.89. The van der Waals surface area contributed by atoms with E-state index in [-0.39, 0.29) is 41.6 Å². The molecule has 290 valence electrons. The van der Waals surface area contributed by atoms with Crippen LogP contribution in [0.5, 0.6) is 0 Å². The molecule has 4 N–H and O–H groups in total. The highest BCUT2D eigenvalue weighted by Crippen LogP contribution is 2.41. The van der Waals surface area contributed by atoms with Crippen molar-refractivity contribution in [3.05, 3.63) is 83.7 Å². The Morgan fingerprint density at radius 2 is 1.67 bits per heavy atom. The van der Waals surface area contributed by atoms with Gasteiger partial charge in [0.15, 0.2) is 0 Å². The molecule has 0 radical (unpaired) electrons. The van der Waals surface area contributed by atoms with Crippen molar-refractivity contribution in [3.8, 4) is 22.4 Å². The van der Waals surface area contributed by atoms with Gasteiger partial charge in [0.2, 0.25) is 5.91 Å². The number of hydrogen-bond acceptors (Lipinski definition) is 8. The van der Waals surface area contributed by atoms with Crippen LogP contribution in [0, 0.1) is 11.7 Å². The highest BCUT2D eigenvalue weighted by molar-refractivity contribution is 6.04. The van der Waals surface area contributed by atoms with Gasteiger partial charge in [0.05, 0.1) is 41.9 Å². The Hall–Kier alpha value is -6.20. The third kappa shape index (κ3) is 8.63. The van der Waals surface area contributed by atoms with E-state index < -0.39 is 40.8 Å². The molecule has 2 aliphatic heterocycles. The lowest BCUT2D eigenvalue weighted by Gasteiger charge is -2.35. The third-order valence-corrected chi connectivity index (χ3v) is 9.59. The van der Waals surface area contributed by atoms with Gasteiger partial charge in [0, 0.05) is 46.0 Å². The maximum atomic E-state index is 15.4. The quantitative estimate of drug-likeness (QED) is 0.176. The summed E-state index contributed by atoms with van der Waals surface area (Å²) in [7, 11) is 2.75. The molecule has 6 rings (SSSR count). The molecule has 55 heavy (non-hydrogen) atoms. The fourth-order valence-corrected chi connectivity index (χ4v) is 6.73. The molecule has 0 spiro atoms. The van der Waals surface area contributed by atoms with Crippen LogP contribution in [0.15, 0.2) is 60.9 Å². The number of benzene rings is 2. The van der Waals surface area contributed by atoms with Crippen molar-refractivity contribution < 1.29 is 41.5 Å². The zero-order valence-corrected chi connectivity index (χ0v) is 30.2. The zero-order chi connectivity index (χ0) is 39.4. The van der Waals surface area contributed by atoms with E-state index in [0.717, 1.165) is 6.07 Å². The lowest BCUT2D eigenvalue weighted by Crippen LogP contribution is -2.51. The number of hydrogen-bond donors (Lipinski definition) is 4. The summed E-state index contributed by atoms with van der Waals surface area (Å²) in [6, 6.07) is 9.76. The van der Waals surface area contributed by atoms with Crippen LogP contribution < -0.4 is 20.9 Å². The first-order chi connectivity index (χ1) is 26.2. The molecule has 2 fully saturated rings. The first-order valence-electron chi connectivity index (χ1n) is 17.4. The molecule has 14 nitrogen and oxygen atoms in total. The Morgan fingerprint density at radius 3 is 2.31 bits per heavy atom. The molecule has 2 atom stereocenters. The first-order valence-corrected chi connectivity index (χ1v) is 17.4. The van der Waals surface area contributed by atoms with E-state index in [4.69, 9.17) is 0 Å². The molecule has 2 aliphatic rings. The summed E-state index contributed by atoms with van der Waals surface area (Å²) in [6.07, 6.45) is -2.18. The second kappa shape index (κ2) is 16.0. The number of imidazole rings is 1. The van der Waals surface area contributed by atoms with Gasteiger partial charge in [0.25, 0.3) is 5.91 Å². The van der Waals surface area contributed by atoms with Gasteiger partial charge in [0.1, 0.15) is 24.0 Å². The molecule has 18 heteroatoms. The number of aromatic nitrogens is 3. The maximum absolute atomic E-state index is 15.4. The predicted octanol–water partition coefficient (Wildman–Crippen LogP) is 5.28. The monoisotopic (exact) mass is 765 g/mol. The molecule has 2 saturated heterocycles. The fourth-order valence-electron chi connectivity index (χ4n) is 6.73. The molecular formula is C37H39F4N9O5. The summed E-state index contributed by atoms with van der Waals surface area (Å²) in [5.41, 5.74) is -0.978. The Balaban J connectivity index is 1.15. The number of carbonyl (C=O) groups excluding carboxylic acids is 4. The number of pyridine rings is 1. The number of carbonyl (C=O) groups is 4. The summed E-state index contributed by atoms with van der Waals surface area (Å²) in [5.74, 6) is -0.985. The van der Waals surface area contributed by atoms with Crippen LogP contribution in [0.3, 0.4) is 0 Å². The third-order valence-electron chi connectivity index (χ3n) is 9.59. The number of nitrogens with zero attached hydrogens (tertiary/aromatic N) is 5. The van der Waals surface area contributed by atoms with E-state index in [1.54, 1.807) is 41.2 Å². The van der Waals surface area contributed by atoms with E-state index in [1.807, 2.05) is 11.8 Å². The fraction of sp³-hybridized carbons (Fsp3) is 0.351. The van der Waals surface area contributed by atoms with E-state index in [0.29, 0.717) is 68.1 Å². The lowest BCUT2D eigenvalue weighted by atomic mass is 9.96. The van der Waals surface area contributed by atoms with Crippen LogP contribution in [-0.4, -0.2) is 102 Å². The molecular weight excluding hydrogens is 726 g/mol. The predicted molar refractivity (Wildman–Crippen MR) is 193 cm³/mol. The molecule has 5 amide bonds. The van der Waals surface area contributed by atoms with Crippen molar-refractivity contribution in [2.45, 2.75) is 25.6 Å². The topological polar surface area (TPSA) is 165 Å². The number of alkyl halides is 3. The Labute approximate surface area is 313 Å². The first kappa shape index (κ1) is 38.5. The maximum Gasteiger partial charge on any atom is 0.417 e. The minimum absolute atomic E-state index is 0.0136. The second-order valence-electron chi connectivity index (χ2n) is 13.3. The number of methoxy groups -OCH3 is 1. The number of H-pyrrole nitrogens is 1. The van der Waals surface area contributed by atoms with E-state index in [1.165, 1.54) is 31.5 Å². The van der Waals surface area contributed by atoms with Crippen LogP contribution in [0.4, 0.5) is 38.7 Å². The number of anilines is 2. The van der Waals surface area contributed by atoms with Crippen LogP contribution in [0.2, 0.25) is 0 Å². The standard InChI is InChI=1S/C37H39F4N9O5/c1-21-14-30(50(20-21)32(51)19-45-36(54)55-3)33-44-18-29(46-33)23-6-4-22(5-7-23)25-15-27(38)28(16-26(25)37(39,40)41)47-34(52)24-8-9-31(43-17-24)48-10-12-49(13-11-48)35(53)42-2/h4-9,15-18,21,30H,10-14,19-20H2,1-3H3,(H,42,53)(H,44,46)(H,45,54)(H,47,52). The van der Waals surface area contributed by atoms with Gasteiger partial charge < -0.3 is 40.4 Å². The van der Waals surface area contributed by atoms with Crippen molar-refractivity contribution >= 4 is 35.4 Å². The van der Waals surface area contributed by atoms with E-state index >= 15 is 4.39 Å². The van der Waals surface area contributed by atoms with Gasteiger partial charge in [-0.3, -0.25) is 9.59 Å². The number of amides is 5. The number of rotatable bonds is 8. The number of piperazine rings is 1. The minimum Gasteiger partial charge on any atom is -0.453 e. The smallest absolute Gasteiger partial charge is 0.417 e. The second-order valence-corrected chi connectivity index (χ2v) is 13.3. The normalized spacial score (nSPS) is 17.2. The van der Waals surface area contributed by atoms with Crippen molar-refractivity contribution in [3.63, 3.8) is 0 Å². The average Bonchev–Trinajstić information content (AvgIpc) is 3.84. The average molecular weight is 766 g/mol. The number of alkyl carbamates (subject to hydrolysis) is 1. The highest BCUT2D eigenvalue weighted by atomic mass is 19.4. The van der Waals surface area contributed by atoms with Crippen LogP contribution in [0.25, 0.3) is 22.4 Å². The highest BCUT2D eigenvalue weighted by Gasteiger charge is 2.37. The van der Waals surface area contributed by atoms with Crippen molar-refractivity contribution in [2.24, 2.45) is 5.92 Å². The van der Waals surface area contributed by atoms with Crippen molar-refractivity contribution in [2.75, 3.05) is 63.6 Å². The zero-order valence-electron chi connectivity index (χ0n) is 30.2. The van der Waals surface area contributed by atoms with E-state index in [2.05, 4.69) is 35.6 Å². The number of likely N-dealkylation sites (tertiary alicyclic amines) is 1. The van der Waals surface area contributed by atoms with E-state index in [9.17, 15) is 32.3 Å². The molecule has 0 saturated carbocycles. The van der Waals surface area contributed by atoms with Crippen LogP contribution >= 0.6 is 0 Å². The summed E-state index contributed by atoms with van der Waals surface area (Å²) in [5, 5.41) is 7.21. The summed E-state index contributed by atoms with van der Waals surface area (Å²) in [6.45, 7) is 4.18. The molecule has 0 bridgehead atoms. The molecule has 4 heterocycles. The Morgan fingerprint density at radius 1 is 0.964 bits per heavy atom. The van der Waals surface area contributed by atoms with Gasteiger partial charge in [-0.25, -0.2) is 23.9 Å². The summed E-state index contributed by atoms with van der Waals surface area (Å²) < 4.78 is 63.1. The molecule has 2 unspecified atom stereocenters. The molecule has 2 aromatic carbocycles. The Kier molecular flexibility index (Phi) is 11.2. The number of nitrogens with one attached hydrogen (secondary N) is 4.